The van der Waals surface area contributed by atoms with Gasteiger partial charge in [-0.15, -0.1) is 0 Å². The quantitative estimate of drug-likeness (QED) is 0.904. The largest absolute Gasteiger partial charge is 0.346 e. The molecule has 5 nitrogen and oxygen atoms in total. The maximum absolute atomic E-state index is 12.3. The Morgan fingerprint density at radius 3 is 2.95 bits per heavy atom. The van der Waals surface area contributed by atoms with Crippen LogP contribution in [0.5, 0.6) is 0 Å². The van der Waals surface area contributed by atoms with Gasteiger partial charge in [-0.1, -0.05) is 0 Å². The summed E-state index contributed by atoms with van der Waals surface area (Å²) >= 11 is 0. The molecule has 0 spiro atoms. The summed E-state index contributed by atoms with van der Waals surface area (Å²) in [4.78, 5) is 30.2. The Hall–Kier alpha value is -1.91. The van der Waals surface area contributed by atoms with Gasteiger partial charge in [0.15, 0.2) is 0 Å². The normalized spacial score (nSPS) is 19.9. The smallest absolute Gasteiger partial charge is 0.240 e. The highest BCUT2D eigenvalue weighted by atomic mass is 16.2. The molecule has 0 radical (unpaired) electrons. The number of pyridine rings is 1. The zero-order chi connectivity index (χ0) is 15.5. The molecule has 2 aliphatic rings. The molecule has 22 heavy (non-hydrogen) atoms. The summed E-state index contributed by atoms with van der Waals surface area (Å²) in [5.41, 5.74) is 2.08. The van der Waals surface area contributed by atoms with Crippen LogP contribution in [0.1, 0.15) is 49.4 Å². The zero-order valence-electron chi connectivity index (χ0n) is 13.0. The number of nitrogens with zero attached hydrogens (tertiary/aromatic N) is 2. The number of carbonyl (C=O) groups is 2. The van der Waals surface area contributed by atoms with Gasteiger partial charge in [0.1, 0.15) is 0 Å². The third kappa shape index (κ3) is 3.64. The SMILES string of the molecule is Cc1ccnc(C(NC(=O)CN2CCCCC2=O)C2CC2)c1. The molecule has 1 N–H and O–H groups in total. The maximum atomic E-state index is 12.3. The van der Waals surface area contributed by atoms with Crippen LogP contribution in [-0.2, 0) is 9.59 Å². The first-order valence-corrected chi connectivity index (χ1v) is 8.13. The van der Waals surface area contributed by atoms with Crippen LogP contribution in [0.3, 0.4) is 0 Å². The molecule has 2 amide bonds. The minimum atomic E-state index is -0.0737. The van der Waals surface area contributed by atoms with Gasteiger partial charge in [0.25, 0.3) is 0 Å². The summed E-state index contributed by atoms with van der Waals surface area (Å²) in [5.74, 6) is 0.504. The molecular formula is C17H23N3O2. The molecule has 1 saturated heterocycles. The maximum Gasteiger partial charge on any atom is 0.240 e. The number of nitrogens with one attached hydrogen (secondary N) is 1. The van der Waals surface area contributed by atoms with Crippen molar-refractivity contribution in [2.45, 2.75) is 45.1 Å². The Balaban J connectivity index is 1.63. The molecule has 1 unspecified atom stereocenters. The first-order chi connectivity index (χ1) is 10.6. The number of aromatic nitrogens is 1. The number of rotatable bonds is 5. The van der Waals surface area contributed by atoms with E-state index in [0.29, 0.717) is 18.9 Å². The zero-order valence-corrected chi connectivity index (χ0v) is 13.0. The minimum absolute atomic E-state index is 0.0210. The van der Waals surface area contributed by atoms with E-state index in [9.17, 15) is 9.59 Å². The van der Waals surface area contributed by atoms with Crippen LogP contribution in [-0.4, -0.2) is 34.8 Å². The van der Waals surface area contributed by atoms with Crippen LogP contribution in [0.4, 0.5) is 0 Å². The molecule has 3 rings (SSSR count). The van der Waals surface area contributed by atoms with Crippen molar-refractivity contribution in [2.24, 2.45) is 5.92 Å². The van der Waals surface area contributed by atoms with E-state index in [1.54, 1.807) is 11.1 Å². The fourth-order valence-electron chi connectivity index (χ4n) is 3.01. The van der Waals surface area contributed by atoms with E-state index in [1.807, 2.05) is 19.1 Å². The van der Waals surface area contributed by atoms with Crippen molar-refractivity contribution in [1.82, 2.24) is 15.2 Å². The molecule has 1 atom stereocenters. The van der Waals surface area contributed by atoms with Gasteiger partial charge in [-0.2, -0.15) is 0 Å². The Bertz CT molecular complexity index is 569. The van der Waals surface area contributed by atoms with Gasteiger partial charge in [-0.05, 0) is 56.2 Å². The van der Waals surface area contributed by atoms with Crippen molar-refractivity contribution in [1.29, 1.82) is 0 Å². The van der Waals surface area contributed by atoms with Gasteiger partial charge < -0.3 is 10.2 Å². The van der Waals surface area contributed by atoms with E-state index >= 15 is 0 Å². The molecule has 118 valence electrons. The lowest BCUT2D eigenvalue weighted by Gasteiger charge is -2.27. The Morgan fingerprint density at radius 2 is 2.27 bits per heavy atom. The Morgan fingerprint density at radius 1 is 1.45 bits per heavy atom. The Labute approximate surface area is 131 Å². The average Bonchev–Trinajstić information content (AvgIpc) is 3.32. The van der Waals surface area contributed by atoms with Gasteiger partial charge in [0.05, 0.1) is 18.3 Å². The predicted octanol–water partition coefficient (Wildman–Crippen LogP) is 1.97. The van der Waals surface area contributed by atoms with Crippen LogP contribution in [0.25, 0.3) is 0 Å². The van der Waals surface area contributed by atoms with Crippen molar-refractivity contribution >= 4 is 11.8 Å². The highest BCUT2D eigenvalue weighted by molar-refractivity contribution is 5.85. The summed E-state index contributed by atoms with van der Waals surface area (Å²) in [6.45, 7) is 2.90. The minimum Gasteiger partial charge on any atom is -0.346 e. The van der Waals surface area contributed by atoms with Crippen LogP contribution in [0, 0.1) is 12.8 Å². The first kappa shape index (κ1) is 15.0. The van der Waals surface area contributed by atoms with Crippen LogP contribution in [0.15, 0.2) is 18.3 Å². The summed E-state index contributed by atoms with van der Waals surface area (Å²) < 4.78 is 0. The number of aryl methyl sites for hydroxylation is 1. The number of carbonyl (C=O) groups excluding carboxylic acids is 2. The van der Waals surface area contributed by atoms with Crippen LogP contribution in [0.2, 0.25) is 0 Å². The van der Waals surface area contributed by atoms with E-state index in [-0.39, 0.29) is 24.4 Å². The van der Waals surface area contributed by atoms with E-state index < -0.39 is 0 Å². The summed E-state index contributed by atoms with van der Waals surface area (Å²) in [6, 6.07) is 3.98. The lowest BCUT2D eigenvalue weighted by Crippen LogP contribution is -2.44. The highest BCUT2D eigenvalue weighted by Crippen LogP contribution is 2.40. The molecule has 5 heteroatoms. The first-order valence-electron chi connectivity index (χ1n) is 8.13. The molecule has 0 aromatic carbocycles. The second-order valence-electron chi connectivity index (χ2n) is 6.41. The van der Waals surface area contributed by atoms with E-state index in [1.165, 1.54) is 0 Å². The van der Waals surface area contributed by atoms with Gasteiger partial charge >= 0.3 is 0 Å². The van der Waals surface area contributed by atoms with Gasteiger partial charge in [0.2, 0.25) is 11.8 Å². The molecule has 2 fully saturated rings. The second-order valence-corrected chi connectivity index (χ2v) is 6.41. The highest BCUT2D eigenvalue weighted by Gasteiger charge is 2.34. The van der Waals surface area contributed by atoms with Crippen molar-refractivity contribution in [2.75, 3.05) is 13.1 Å². The summed E-state index contributed by atoms with van der Waals surface area (Å²) in [5, 5.41) is 3.09. The molecule has 1 aromatic heterocycles. The molecule has 0 bridgehead atoms. The van der Waals surface area contributed by atoms with Crippen molar-refractivity contribution < 1.29 is 9.59 Å². The summed E-state index contributed by atoms with van der Waals surface area (Å²) in [7, 11) is 0. The Kier molecular flexibility index (Phi) is 4.41. The number of likely N-dealkylation sites (tertiary alicyclic amines) is 1. The lowest BCUT2D eigenvalue weighted by atomic mass is 10.1. The van der Waals surface area contributed by atoms with E-state index in [4.69, 9.17) is 0 Å². The average molecular weight is 301 g/mol. The molecular weight excluding hydrogens is 278 g/mol. The summed E-state index contributed by atoms with van der Waals surface area (Å²) in [6.07, 6.45) is 6.55. The lowest BCUT2D eigenvalue weighted by molar-refractivity contribution is -0.138. The number of hydrogen-bond donors (Lipinski definition) is 1. The topological polar surface area (TPSA) is 62.3 Å². The van der Waals surface area contributed by atoms with E-state index in [0.717, 1.165) is 36.9 Å². The third-order valence-corrected chi connectivity index (χ3v) is 4.42. The molecule has 1 aliphatic heterocycles. The fraction of sp³-hybridized carbons (Fsp3) is 0.588. The van der Waals surface area contributed by atoms with Crippen LogP contribution >= 0.6 is 0 Å². The second kappa shape index (κ2) is 6.46. The molecule has 1 aliphatic carbocycles. The van der Waals surface area contributed by atoms with Gasteiger partial charge in [-0.3, -0.25) is 14.6 Å². The number of hydrogen-bond acceptors (Lipinski definition) is 3. The van der Waals surface area contributed by atoms with Gasteiger partial charge in [-0.25, -0.2) is 0 Å². The van der Waals surface area contributed by atoms with Gasteiger partial charge in [0, 0.05) is 19.2 Å². The predicted molar refractivity (Wildman–Crippen MR) is 83.0 cm³/mol. The number of amides is 2. The standard InChI is InChI=1S/C17H23N3O2/c1-12-7-8-18-14(10-12)17(13-5-6-13)19-15(21)11-20-9-3-2-4-16(20)22/h7-8,10,13,17H,2-6,9,11H2,1H3,(H,19,21). The third-order valence-electron chi connectivity index (χ3n) is 4.42. The molecule has 2 heterocycles. The monoisotopic (exact) mass is 301 g/mol. The van der Waals surface area contributed by atoms with Crippen molar-refractivity contribution in [3.8, 4) is 0 Å². The fourth-order valence-corrected chi connectivity index (χ4v) is 3.01. The molecule has 1 aromatic rings. The van der Waals surface area contributed by atoms with E-state index in [2.05, 4.69) is 10.3 Å². The number of piperidine rings is 1. The molecule has 1 saturated carbocycles. The van der Waals surface area contributed by atoms with Crippen molar-refractivity contribution in [3.63, 3.8) is 0 Å². The van der Waals surface area contributed by atoms with Crippen LogP contribution < -0.4 is 5.32 Å². The van der Waals surface area contributed by atoms with Crippen molar-refractivity contribution in [3.05, 3.63) is 29.6 Å².